The molecule has 1 aromatic carbocycles. The minimum atomic E-state index is -0.461. The third-order valence-electron chi connectivity index (χ3n) is 5.33. The third-order valence-corrected chi connectivity index (χ3v) is 7.42. The molecule has 0 aliphatic rings. The number of imidazole rings is 1. The van der Waals surface area contributed by atoms with E-state index in [1.54, 1.807) is 34.2 Å². The quantitative estimate of drug-likeness (QED) is 0.263. The zero-order chi connectivity index (χ0) is 23.3. The lowest BCUT2D eigenvalue weighted by atomic mass is 10.2. The van der Waals surface area contributed by atoms with Crippen LogP contribution >= 0.6 is 34.7 Å². The summed E-state index contributed by atoms with van der Waals surface area (Å²) in [5.41, 5.74) is 0.712. The van der Waals surface area contributed by atoms with Crippen molar-refractivity contribution >= 4 is 57.4 Å². The number of halogens is 1. The van der Waals surface area contributed by atoms with Gasteiger partial charge in [-0.05, 0) is 29.1 Å². The maximum absolute atomic E-state index is 13.2. The fourth-order valence-corrected chi connectivity index (χ4v) is 5.38. The molecule has 0 N–H and O–H groups in total. The molecule has 0 saturated carbocycles. The molecule has 5 aromatic rings. The molecular weight excluding hydrogens is 484 g/mol. The first-order chi connectivity index (χ1) is 15.9. The van der Waals surface area contributed by atoms with Crippen LogP contribution in [0, 0.1) is 0 Å². The van der Waals surface area contributed by atoms with Gasteiger partial charge in [0.2, 0.25) is 5.78 Å². The second kappa shape index (κ2) is 8.32. The van der Waals surface area contributed by atoms with Crippen molar-refractivity contribution in [3.8, 4) is 0 Å². The maximum Gasteiger partial charge on any atom is 0.332 e. The molecule has 0 atom stereocenters. The third kappa shape index (κ3) is 3.62. The van der Waals surface area contributed by atoms with E-state index in [-0.39, 0.29) is 11.5 Å². The first-order valence-corrected chi connectivity index (χ1v) is 12.1. The molecule has 0 amide bonds. The van der Waals surface area contributed by atoms with Crippen LogP contribution in [0.5, 0.6) is 0 Å². The maximum atomic E-state index is 13.2. The highest BCUT2D eigenvalue weighted by atomic mass is 35.5. The van der Waals surface area contributed by atoms with E-state index in [2.05, 4.69) is 10.2 Å². The highest BCUT2D eigenvalue weighted by Crippen LogP contribution is 2.26. The average molecular weight is 501 g/mol. The summed E-state index contributed by atoms with van der Waals surface area (Å²) >= 11 is 8.61. The van der Waals surface area contributed by atoms with Gasteiger partial charge in [-0.25, -0.2) is 9.20 Å². The Balaban J connectivity index is 1.69. The monoisotopic (exact) mass is 500 g/mol. The summed E-state index contributed by atoms with van der Waals surface area (Å²) in [5, 5.41) is 11.5. The predicted molar refractivity (Wildman–Crippen MR) is 129 cm³/mol. The van der Waals surface area contributed by atoms with Crippen molar-refractivity contribution in [3.63, 3.8) is 0 Å². The van der Waals surface area contributed by atoms with Crippen LogP contribution in [0.1, 0.15) is 15.2 Å². The molecule has 5 rings (SSSR count). The predicted octanol–water partition coefficient (Wildman–Crippen LogP) is 2.82. The summed E-state index contributed by atoms with van der Waals surface area (Å²) in [6, 6.07) is 10.9. The van der Waals surface area contributed by atoms with E-state index in [0.29, 0.717) is 38.5 Å². The second-order valence-corrected chi connectivity index (χ2v) is 9.72. The number of benzene rings is 1. The number of carbonyl (C=O) groups is 1. The number of ketones is 1. The van der Waals surface area contributed by atoms with Crippen molar-refractivity contribution in [3.05, 3.63) is 78.1 Å². The molecule has 0 unspecified atom stereocenters. The van der Waals surface area contributed by atoms with Gasteiger partial charge < -0.3 is 0 Å². The molecule has 4 heterocycles. The van der Waals surface area contributed by atoms with Crippen molar-refractivity contribution in [1.82, 2.24) is 28.3 Å². The Bertz CT molecular complexity index is 1630. The standard InChI is InChI=1S/C21H17ClN6O3S2/c1-25-17-16(18(30)26(2)21(25)31)27(10-12-5-7-13(22)8-6-12)19-23-24-20(28(17)19)33-11-14(29)15-4-3-9-32-15/h3-9H,10-11H2,1-2H3. The molecule has 4 aromatic heterocycles. The number of thiophene rings is 1. The molecule has 9 nitrogen and oxygen atoms in total. The van der Waals surface area contributed by atoms with Crippen molar-refractivity contribution in [2.24, 2.45) is 14.1 Å². The highest BCUT2D eigenvalue weighted by molar-refractivity contribution is 7.99. The van der Waals surface area contributed by atoms with Gasteiger partial charge in [-0.2, -0.15) is 0 Å². The fraction of sp³-hybridized carbons (Fsp3) is 0.190. The van der Waals surface area contributed by atoms with Crippen molar-refractivity contribution < 1.29 is 4.79 Å². The minimum absolute atomic E-state index is 0.0264. The Morgan fingerprint density at radius 3 is 2.55 bits per heavy atom. The number of nitrogens with zero attached hydrogens (tertiary/aromatic N) is 6. The summed E-state index contributed by atoms with van der Waals surface area (Å²) in [7, 11) is 3.04. The Morgan fingerprint density at radius 1 is 1.09 bits per heavy atom. The molecule has 168 valence electrons. The number of fused-ring (bicyclic) bond motifs is 3. The number of hydrogen-bond donors (Lipinski definition) is 0. The smallest absolute Gasteiger partial charge is 0.298 e. The van der Waals surface area contributed by atoms with Crippen LogP contribution in [0.2, 0.25) is 5.02 Å². The molecule has 0 saturated heterocycles. The summed E-state index contributed by atoms with van der Waals surface area (Å²) in [4.78, 5) is 39.0. The van der Waals surface area contributed by atoms with E-state index in [1.165, 1.54) is 34.7 Å². The summed E-state index contributed by atoms with van der Waals surface area (Å²) < 4.78 is 5.87. The van der Waals surface area contributed by atoms with Crippen LogP contribution in [0.3, 0.4) is 0 Å². The van der Waals surface area contributed by atoms with Crippen LogP contribution < -0.4 is 11.2 Å². The molecule has 0 fully saturated rings. The lowest BCUT2D eigenvalue weighted by molar-refractivity contribution is 0.102. The summed E-state index contributed by atoms with van der Waals surface area (Å²) in [5.74, 6) is 0.537. The highest BCUT2D eigenvalue weighted by Gasteiger charge is 2.24. The van der Waals surface area contributed by atoms with Crippen LogP contribution in [-0.4, -0.2) is 39.8 Å². The lowest BCUT2D eigenvalue weighted by Crippen LogP contribution is -2.37. The van der Waals surface area contributed by atoms with Gasteiger partial charge in [0.15, 0.2) is 22.1 Å². The van der Waals surface area contributed by atoms with Gasteiger partial charge in [0.05, 0.1) is 17.2 Å². The number of aryl methyl sites for hydroxylation is 1. The number of Topliss-reactive ketones (excluding diaryl/α,β-unsaturated/α-hetero) is 1. The largest absolute Gasteiger partial charge is 0.332 e. The Kier molecular flexibility index (Phi) is 5.47. The van der Waals surface area contributed by atoms with Crippen molar-refractivity contribution in [2.45, 2.75) is 11.7 Å². The Morgan fingerprint density at radius 2 is 1.85 bits per heavy atom. The van der Waals surface area contributed by atoms with Crippen LogP contribution in [0.15, 0.2) is 56.5 Å². The average Bonchev–Trinajstić information content (AvgIpc) is 3.54. The minimum Gasteiger partial charge on any atom is -0.298 e. The van der Waals surface area contributed by atoms with E-state index >= 15 is 0 Å². The number of aromatic nitrogens is 6. The first-order valence-electron chi connectivity index (χ1n) is 9.84. The Labute approximate surface area is 199 Å². The van der Waals surface area contributed by atoms with Gasteiger partial charge in [0, 0.05) is 19.1 Å². The molecule has 12 heteroatoms. The zero-order valence-electron chi connectivity index (χ0n) is 17.6. The molecule has 0 spiro atoms. The zero-order valence-corrected chi connectivity index (χ0v) is 19.9. The Hall–Kier alpha value is -3.15. The van der Waals surface area contributed by atoms with Crippen molar-refractivity contribution in [1.29, 1.82) is 0 Å². The van der Waals surface area contributed by atoms with E-state index in [9.17, 15) is 14.4 Å². The molecule has 0 aliphatic carbocycles. The van der Waals surface area contributed by atoms with Gasteiger partial charge in [-0.15, -0.1) is 21.5 Å². The van der Waals surface area contributed by atoms with Gasteiger partial charge >= 0.3 is 5.69 Å². The van der Waals surface area contributed by atoms with Crippen LogP contribution in [0.4, 0.5) is 0 Å². The lowest BCUT2D eigenvalue weighted by Gasteiger charge is -2.07. The van der Waals surface area contributed by atoms with E-state index in [0.717, 1.165) is 10.1 Å². The fourth-order valence-electron chi connectivity index (χ4n) is 3.68. The number of thioether (sulfide) groups is 1. The SMILES string of the molecule is Cn1c(=O)c2c(n(C)c1=O)n1c(SCC(=O)c3cccs3)nnc1n2Cc1ccc(Cl)cc1. The van der Waals surface area contributed by atoms with Gasteiger partial charge in [0.25, 0.3) is 5.56 Å². The van der Waals surface area contributed by atoms with Gasteiger partial charge in [-0.1, -0.05) is 41.6 Å². The topological polar surface area (TPSA) is 96.2 Å². The van der Waals surface area contributed by atoms with E-state index < -0.39 is 11.2 Å². The molecule has 33 heavy (non-hydrogen) atoms. The first kappa shape index (κ1) is 21.7. The van der Waals surface area contributed by atoms with Crippen molar-refractivity contribution in [2.75, 3.05) is 5.75 Å². The summed E-state index contributed by atoms with van der Waals surface area (Å²) in [6.07, 6.45) is 0. The molecule has 0 bridgehead atoms. The normalized spacial score (nSPS) is 11.6. The molecular formula is C21H17ClN6O3S2. The number of rotatable bonds is 6. The van der Waals surface area contributed by atoms with Crippen LogP contribution in [-0.2, 0) is 20.6 Å². The summed E-state index contributed by atoms with van der Waals surface area (Å²) in [6.45, 7) is 0.328. The second-order valence-electron chi connectivity index (χ2n) is 7.40. The van der Waals surface area contributed by atoms with E-state index in [4.69, 9.17) is 11.6 Å². The molecule has 0 radical (unpaired) electrons. The van der Waals surface area contributed by atoms with Crippen LogP contribution in [0.25, 0.3) is 16.9 Å². The number of carbonyl (C=O) groups excluding carboxylic acids is 1. The van der Waals surface area contributed by atoms with E-state index in [1.807, 2.05) is 23.6 Å². The van der Waals surface area contributed by atoms with Gasteiger partial charge in [-0.3, -0.25) is 23.3 Å². The number of hydrogen-bond acceptors (Lipinski definition) is 7. The molecule has 0 aliphatic heterocycles. The van der Waals surface area contributed by atoms with Gasteiger partial charge in [0.1, 0.15) is 0 Å².